The van der Waals surface area contributed by atoms with E-state index in [0.29, 0.717) is 12.7 Å². The van der Waals surface area contributed by atoms with Crippen LogP contribution >= 0.6 is 11.8 Å². The molecule has 2 heterocycles. The van der Waals surface area contributed by atoms with Gasteiger partial charge in [-0.15, -0.1) is 10.2 Å². The van der Waals surface area contributed by atoms with Gasteiger partial charge in [-0.05, 0) is 12.8 Å². The molecule has 90 valence electrons. The summed E-state index contributed by atoms with van der Waals surface area (Å²) in [5.74, 6) is 0.964. The van der Waals surface area contributed by atoms with Crippen molar-refractivity contribution in [1.29, 1.82) is 0 Å². The molecule has 0 N–H and O–H groups in total. The van der Waals surface area contributed by atoms with Crippen molar-refractivity contribution in [2.24, 2.45) is 0 Å². The summed E-state index contributed by atoms with van der Waals surface area (Å²) in [6.45, 7) is 2.39. The predicted octanol–water partition coefficient (Wildman–Crippen LogP) is 1.20. The summed E-state index contributed by atoms with van der Waals surface area (Å²) < 4.78 is 12.6. The maximum Gasteiger partial charge on any atom is 0.191 e. The van der Waals surface area contributed by atoms with Crippen molar-refractivity contribution in [3.63, 3.8) is 0 Å². The van der Waals surface area contributed by atoms with E-state index in [-0.39, 0.29) is 0 Å². The summed E-state index contributed by atoms with van der Waals surface area (Å²) in [5, 5.41) is 8.96. The fourth-order valence-corrected chi connectivity index (χ4v) is 2.65. The molecule has 6 heteroatoms. The molecule has 0 spiro atoms. The largest absolute Gasteiger partial charge is 0.383 e. The zero-order chi connectivity index (χ0) is 11.2. The molecule has 1 aromatic heterocycles. The lowest BCUT2D eigenvalue weighted by Gasteiger charge is -2.09. The lowest BCUT2D eigenvalue weighted by atomic mass is 10.3. The van der Waals surface area contributed by atoms with Crippen LogP contribution in [0.25, 0.3) is 0 Å². The molecule has 1 aromatic rings. The van der Waals surface area contributed by atoms with Crippen LogP contribution < -0.4 is 0 Å². The average Bonchev–Trinajstić information content (AvgIpc) is 2.94. The third-order valence-corrected chi connectivity index (χ3v) is 3.65. The van der Waals surface area contributed by atoms with Gasteiger partial charge in [0, 0.05) is 26.0 Å². The van der Waals surface area contributed by atoms with Crippen molar-refractivity contribution >= 4 is 11.8 Å². The zero-order valence-electron chi connectivity index (χ0n) is 9.46. The number of rotatable bonds is 6. The Morgan fingerprint density at radius 3 is 3.38 bits per heavy atom. The molecular formula is C10H17N3O2S. The van der Waals surface area contributed by atoms with Gasteiger partial charge in [0.05, 0.1) is 12.7 Å². The smallest absolute Gasteiger partial charge is 0.191 e. The van der Waals surface area contributed by atoms with Gasteiger partial charge in [-0.1, -0.05) is 11.8 Å². The first-order chi connectivity index (χ1) is 7.90. The van der Waals surface area contributed by atoms with E-state index in [1.165, 1.54) is 12.8 Å². The Morgan fingerprint density at radius 1 is 1.69 bits per heavy atom. The Hall–Kier alpha value is -0.590. The molecule has 16 heavy (non-hydrogen) atoms. The highest BCUT2D eigenvalue weighted by molar-refractivity contribution is 7.99. The molecule has 1 aliphatic rings. The van der Waals surface area contributed by atoms with E-state index in [2.05, 4.69) is 10.2 Å². The van der Waals surface area contributed by atoms with E-state index in [0.717, 1.165) is 24.1 Å². The van der Waals surface area contributed by atoms with Crippen molar-refractivity contribution in [2.75, 3.05) is 26.1 Å². The van der Waals surface area contributed by atoms with Crippen LogP contribution in [0.2, 0.25) is 0 Å². The van der Waals surface area contributed by atoms with Crippen molar-refractivity contribution in [1.82, 2.24) is 14.8 Å². The number of hydrogen-bond donors (Lipinski definition) is 0. The molecule has 2 rings (SSSR count). The molecule has 0 bridgehead atoms. The maximum absolute atomic E-state index is 5.57. The van der Waals surface area contributed by atoms with Crippen LogP contribution in [0.15, 0.2) is 11.5 Å². The highest BCUT2D eigenvalue weighted by atomic mass is 32.2. The quantitative estimate of drug-likeness (QED) is 0.703. The van der Waals surface area contributed by atoms with Crippen LogP contribution in [-0.4, -0.2) is 46.9 Å². The number of thioether (sulfide) groups is 1. The number of hydrogen-bond acceptors (Lipinski definition) is 5. The van der Waals surface area contributed by atoms with Gasteiger partial charge in [0.15, 0.2) is 5.16 Å². The predicted molar refractivity (Wildman–Crippen MR) is 61.6 cm³/mol. The molecule has 0 amide bonds. The molecule has 5 nitrogen and oxygen atoms in total. The normalized spacial score (nSPS) is 20.4. The Labute approximate surface area is 99.5 Å². The van der Waals surface area contributed by atoms with Crippen LogP contribution in [0.1, 0.15) is 12.8 Å². The maximum atomic E-state index is 5.57. The first kappa shape index (κ1) is 11.9. The lowest BCUT2D eigenvalue weighted by Crippen LogP contribution is -2.10. The molecule has 0 aliphatic carbocycles. The number of methoxy groups -OCH3 is 1. The van der Waals surface area contributed by atoms with Gasteiger partial charge in [0.25, 0.3) is 0 Å². The van der Waals surface area contributed by atoms with Crippen molar-refractivity contribution < 1.29 is 9.47 Å². The highest BCUT2D eigenvalue weighted by Crippen LogP contribution is 2.21. The molecule has 1 fully saturated rings. The fraction of sp³-hybridized carbons (Fsp3) is 0.800. The summed E-state index contributed by atoms with van der Waals surface area (Å²) in [6.07, 6.45) is 4.48. The summed E-state index contributed by atoms with van der Waals surface area (Å²) in [7, 11) is 1.70. The van der Waals surface area contributed by atoms with Gasteiger partial charge in [-0.3, -0.25) is 0 Å². The standard InChI is InChI=1S/C10H17N3O2S/c1-14-6-4-13-8-11-12-10(13)16-7-9-3-2-5-15-9/h8-9H,2-7H2,1H3. The van der Waals surface area contributed by atoms with Gasteiger partial charge >= 0.3 is 0 Å². The van der Waals surface area contributed by atoms with Crippen molar-refractivity contribution in [3.05, 3.63) is 6.33 Å². The molecular weight excluding hydrogens is 226 g/mol. The summed E-state index contributed by atoms with van der Waals surface area (Å²) in [4.78, 5) is 0. The first-order valence-electron chi connectivity index (χ1n) is 5.51. The first-order valence-corrected chi connectivity index (χ1v) is 6.50. The van der Waals surface area contributed by atoms with E-state index in [4.69, 9.17) is 9.47 Å². The van der Waals surface area contributed by atoms with Crippen LogP contribution in [0.5, 0.6) is 0 Å². The lowest BCUT2D eigenvalue weighted by molar-refractivity contribution is 0.129. The Kier molecular flexibility index (Phi) is 4.62. The second-order valence-electron chi connectivity index (χ2n) is 3.75. The molecule has 0 aromatic carbocycles. The highest BCUT2D eigenvalue weighted by Gasteiger charge is 2.17. The average molecular weight is 243 g/mol. The summed E-state index contributed by atoms with van der Waals surface area (Å²) in [6, 6.07) is 0. The molecule has 1 aliphatic heterocycles. The second kappa shape index (κ2) is 6.22. The molecule has 1 saturated heterocycles. The number of aromatic nitrogens is 3. The SMILES string of the molecule is COCCn1cnnc1SCC1CCCO1. The number of nitrogens with zero attached hydrogens (tertiary/aromatic N) is 3. The van der Waals surface area contributed by atoms with E-state index >= 15 is 0 Å². The minimum atomic E-state index is 0.387. The number of ether oxygens (including phenoxy) is 2. The second-order valence-corrected chi connectivity index (χ2v) is 4.73. The third-order valence-electron chi connectivity index (χ3n) is 2.54. The Morgan fingerprint density at radius 2 is 2.62 bits per heavy atom. The van der Waals surface area contributed by atoms with Gasteiger partial charge in [0.2, 0.25) is 0 Å². The Balaban J connectivity index is 1.80. The summed E-state index contributed by atoms with van der Waals surface area (Å²) in [5.41, 5.74) is 0. The topological polar surface area (TPSA) is 49.2 Å². The fourth-order valence-electron chi connectivity index (χ4n) is 1.64. The van der Waals surface area contributed by atoms with Crippen LogP contribution in [-0.2, 0) is 16.0 Å². The van der Waals surface area contributed by atoms with Gasteiger partial charge < -0.3 is 14.0 Å². The van der Waals surface area contributed by atoms with Crippen molar-refractivity contribution in [2.45, 2.75) is 30.6 Å². The van der Waals surface area contributed by atoms with E-state index in [1.54, 1.807) is 25.2 Å². The van der Waals surface area contributed by atoms with Gasteiger partial charge in [-0.2, -0.15) is 0 Å². The molecule has 0 saturated carbocycles. The third kappa shape index (κ3) is 3.20. The monoisotopic (exact) mass is 243 g/mol. The van der Waals surface area contributed by atoms with Gasteiger partial charge in [0.1, 0.15) is 6.33 Å². The van der Waals surface area contributed by atoms with Gasteiger partial charge in [-0.25, -0.2) is 0 Å². The van der Waals surface area contributed by atoms with E-state index < -0.39 is 0 Å². The zero-order valence-corrected chi connectivity index (χ0v) is 10.3. The van der Waals surface area contributed by atoms with E-state index in [9.17, 15) is 0 Å². The van der Waals surface area contributed by atoms with Crippen LogP contribution in [0.4, 0.5) is 0 Å². The minimum Gasteiger partial charge on any atom is -0.383 e. The summed E-state index contributed by atoms with van der Waals surface area (Å²) >= 11 is 1.71. The Bertz CT molecular complexity index is 313. The van der Waals surface area contributed by atoms with E-state index in [1.807, 2.05) is 4.57 Å². The minimum absolute atomic E-state index is 0.387. The molecule has 0 radical (unpaired) electrons. The van der Waals surface area contributed by atoms with Crippen LogP contribution in [0, 0.1) is 0 Å². The van der Waals surface area contributed by atoms with Crippen LogP contribution in [0.3, 0.4) is 0 Å². The molecule has 1 unspecified atom stereocenters. The molecule has 1 atom stereocenters. The van der Waals surface area contributed by atoms with Crippen molar-refractivity contribution in [3.8, 4) is 0 Å².